The number of aryl methyl sites for hydroxylation is 1. The van der Waals surface area contributed by atoms with E-state index in [9.17, 15) is 13.5 Å². The van der Waals surface area contributed by atoms with Crippen LogP contribution in [0, 0.1) is 6.92 Å². The Balaban J connectivity index is 2.16. The van der Waals surface area contributed by atoms with Gasteiger partial charge in [0.1, 0.15) is 5.75 Å². The summed E-state index contributed by atoms with van der Waals surface area (Å²) in [5, 5.41) is 13.4. The van der Waals surface area contributed by atoms with Crippen LogP contribution in [-0.2, 0) is 10.0 Å². The Morgan fingerprint density at radius 1 is 1.19 bits per heavy atom. The van der Waals surface area contributed by atoms with Crippen LogP contribution in [0.15, 0.2) is 56.9 Å². The van der Waals surface area contributed by atoms with Crippen molar-refractivity contribution in [3.05, 3.63) is 58.1 Å². The maximum Gasteiger partial charge on any atom is 0.276 e. The van der Waals surface area contributed by atoms with Crippen LogP contribution in [-0.4, -0.2) is 19.7 Å². The Labute approximate surface area is 131 Å². The molecule has 0 unspecified atom stereocenters. The van der Waals surface area contributed by atoms with Crippen molar-refractivity contribution >= 4 is 32.2 Å². The molecule has 0 fully saturated rings. The van der Waals surface area contributed by atoms with Crippen molar-refractivity contribution < 1.29 is 13.5 Å². The summed E-state index contributed by atoms with van der Waals surface area (Å²) in [5.74, 6) is -0.00390. The molecule has 2 aromatic carbocycles. The van der Waals surface area contributed by atoms with Crippen LogP contribution in [0.25, 0.3) is 0 Å². The summed E-state index contributed by atoms with van der Waals surface area (Å²) in [6.07, 6.45) is 1.24. The van der Waals surface area contributed by atoms with Crippen molar-refractivity contribution in [3.63, 3.8) is 0 Å². The fraction of sp³-hybridized carbons (Fsp3) is 0.0714. The first-order chi connectivity index (χ1) is 9.90. The molecule has 5 nitrogen and oxygen atoms in total. The topological polar surface area (TPSA) is 78.8 Å². The van der Waals surface area contributed by atoms with Gasteiger partial charge < -0.3 is 5.11 Å². The van der Waals surface area contributed by atoms with Gasteiger partial charge in [0.15, 0.2) is 0 Å². The highest BCUT2D eigenvalue weighted by atomic mass is 79.9. The number of hydrogen-bond donors (Lipinski definition) is 2. The molecule has 0 heterocycles. The monoisotopic (exact) mass is 368 g/mol. The first-order valence-electron chi connectivity index (χ1n) is 5.99. The maximum absolute atomic E-state index is 12.0. The van der Waals surface area contributed by atoms with E-state index in [2.05, 4.69) is 25.9 Å². The summed E-state index contributed by atoms with van der Waals surface area (Å²) in [7, 11) is -3.71. The van der Waals surface area contributed by atoms with Gasteiger partial charge in [-0.05, 0) is 47.1 Å². The van der Waals surface area contributed by atoms with Crippen LogP contribution in [0.2, 0.25) is 0 Å². The van der Waals surface area contributed by atoms with Crippen molar-refractivity contribution in [2.45, 2.75) is 11.8 Å². The highest BCUT2D eigenvalue weighted by Gasteiger charge is 2.12. The number of aromatic hydroxyl groups is 1. The minimum absolute atomic E-state index is 0.00390. The van der Waals surface area contributed by atoms with Crippen LogP contribution in [0.5, 0.6) is 5.75 Å². The molecule has 0 aliphatic rings. The molecule has 2 rings (SSSR count). The third-order valence-electron chi connectivity index (χ3n) is 2.73. The third-order valence-corrected chi connectivity index (χ3v) is 4.60. The highest BCUT2D eigenvalue weighted by Crippen LogP contribution is 2.25. The van der Waals surface area contributed by atoms with Gasteiger partial charge in [-0.3, -0.25) is 0 Å². The Bertz CT molecular complexity index is 771. The van der Waals surface area contributed by atoms with Crippen molar-refractivity contribution in [1.82, 2.24) is 4.83 Å². The molecule has 7 heteroatoms. The molecule has 110 valence electrons. The van der Waals surface area contributed by atoms with Crippen molar-refractivity contribution in [2.24, 2.45) is 5.10 Å². The van der Waals surface area contributed by atoms with E-state index in [0.717, 1.165) is 5.56 Å². The fourth-order valence-electron chi connectivity index (χ4n) is 1.57. The van der Waals surface area contributed by atoms with E-state index >= 15 is 0 Å². The number of phenols is 1. The fourth-order valence-corrected chi connectivity index (χ4v) is 2.74. The van der Waals surface area contributed by atoms with Crippen molar-refractivity contribution in [1.29, 1.82) is 0 Å². The lowest BCUT2D eigenvalue weighted by molar-refractivity contribution is 0.471. The zero-order valence-corrected chi connectivity index (χ0v) is 13.5. The number of sulfonamides is 1. The first-order valence-corrected chi connectivity index (χ1v) is 8.27. The minimum Gasteiger partial charge on any atom is -0.506 e. The molecule has 21 heavy (non-hydrogen) atoms. The van der Waals surface area contributed by atoms with Gasteiger partial charge in [-0.25, -0.2) is 4.83 Å². The van der Waals surface area contributed by atoms with E-state index in [-0.39, 0.29) is 10.6 Å². The van der Waals surface area contributed by atoms with Gasteiger partial charge in [0.2, 0.25) is 0 Å². The van der Waals surface area contributed by atoms with Crippen LogP contribution >= 0.6 is 15.9 Å². The van der Waals surface area contributed by atoms with E-state index < -0.39 is 10.0 Å². The average Bonchev–Trinajstić information content (AvgIpc) is 2.44. The molecule has 0 amide bonds. The number of halogens is 1. The Morgan fingerprint density at radius 3 is 2.52 bits per heavy atom. The second-order valence-electron chi connectivity index (χ2n) is 4.34. The van der Waals surface area contributed by atoms with Crippen molar-refractivity contribution in [3.8, 4) is 5.75 Å². The first kappa shape index (κ1) is 15.5. The summed E-state index contributed by atoms with van der Waals surface area (Å²) < 4.78 is 24.5. The van der Waals surface area contributed by atoms with Crippen molar-refractivity contribution in [2.75, 3.05) is 0 Å². The van der Waals surface area contributed by atoms with Crippen LogP contribution in [0.3, 0.4) is 0 Å². The maximum atomic E-state index is 12.0. The second kappa shape index (κ2) is 6.28. The summed E-state index contributed by atoms with van der Waals surface area (Å²) in [6.45, 7) is 1.87. The molecular weight excluding hydrogens is 356 g/mol. The molecule has 2 N–H and O–H groups in total. The number of nitrogens with zero attached hydrogens (tertiary/aromatic N) is 1. The molecular formula is C14H13BrN2O3S. The van der Waals surface area contributed by atoms with Gasteiger partial charge in [-0.1, -0.05) is 23.8 Å². The normalized spacial score (nSPS) is 11.7. The van der Waals surface area contributed by atoms with Gasteiger partial charge in [0.05, 0.1) is 15.6 Å². The number of para-hydroxylation sites is 1. The SMILES string of the molecule is Cc1ccc(S(=O)(=O)N/N=C/c2cccc(Br)c2O)cc1. The lowest BCUT2D eigenvalue weighted by Crippen LogP contribution is -2.18. The number of benzene rings is 2. The largest absolute Gasteiger partial charge is 0.506 e. The zero-order chi connectivity index (χ0) is 15.5. The molecule has 2 aromatic rings. The Hall–Kier alpha value is -1.86. The molecule has 0 saturated heterocycles. The van der Waals surface area contributed by atoms with Crippen LogP contribution in [0.4, 0.5) is 0 Å². The quantitative estimate of drug-likeness (QED) is 0.643. The molecule has 0 saturated carbocycles. The van der Waals surface area contributed by atoms with Gasteiger partial charge >= 0.3 is 0 Å². The van der Waals surface area contributed by atoms with Crippen LogP contribution < -0.4 is 4.83 Å². The molecule has 0 aliphatic heterocycles. The van der Waals surface area contributed by atoms with E-state index in [4.69, 9.17) is 0 Å². The summed E-state index contributed by atoms with van der Waals surface area (Å²) in [6, 6.07) is 11.4. The Morgan fingerprint density at radius 2 is 1.86 bits per heavy atom. The number of hydrogen-bond acceptors (Lipinski definition) is 4. The molecule has 0 atom stereocenters. The molecule has 0 aliphatic carbocycles. The van der Waals surface area contributed by atoms with Gasteiger partial charge in [0, 0.05) is 5.56 Å². The molecule has 0 spiro atoms. The van der Waals surface area contributed by atoms with Gasteiger partial charge in [-0.2, -0.15) is 13.5 Å². The lowest BCUT2D eigenvalue weighted by atomic mass is 10.2. The average molecular weight is 369 g/mol. The molecule has 0 radical (unpaired) electrons. The number of nitrogens with one attached hydrogen (secondary N) is 1. The summed E-state index contributed by atoms with van der Waals surface area (Å²) in [5.41, 5.74) is 1.37. The molecule has 0 aromatic heterocycles. The third kappa shape index (κ3) is 3.83. The predicted octanol–water partition coefficient (Wildman–Crippen LogP) is 2.78. The highest BCUT2D eigenvalue weighted by molar-refractivity contribution is 9.10. The Kier molecular flexibility index (Phi) is 4.64. The lowest BCUT2D eigenvalue weighted by Gasteiger charge is -2.04. The van der Waals surface area contributed by atoms with Crippen LogP contribution in [0.1, 0.15) is 11.1 Å². The zero-order valence-electron chi connectivity index (χ0n) is 11.1. The molecule has 0 bridgehead atoms. The van der Waals surface area contributed by atoms with E-state index in [1.165, 1.54) is 18.3 Å². The number of phenolic OH excluding ortho intramolecular Hbond substituents is 1. The van der Waals surface area contributed by atoms with E-state index in [1.807, 2.05) is 6.92 Å². The smallest absolute Gasteiger partial charge is 0.276 e. The van der Waals surface area contributed by atoms with E-state index in [1.54, 1.807) is 30.3 Å². The standard InChI is InChI=1S/C14H13BrN2O3S/c1-10-5-7-12(8-6-10)21(19,20)17-16-9-11-3-2-4-13(15)14(11)18/h2-9,17-18H,1H3/b16-9+. The van der Waals surface area contributed by atoms with E-state index in [0.29, 0.717) is 10.0 Å². The summed E-state index contributed by atoms with van der Waals surface area (Å²) in [4.78, 5) is 2.23. The second-order valence-corrected chi connectivity index (χ2v) is 6.86. The summed E-state index contributed by atoms with van der Waals surface area (Å²) >= 11 is 3.17. The number of hydrazone groups is 1. The van der Waals surface area contributed by atoms with Gasteiger partial charge in [-0.15, -0.1) is 0 Å². The predicted molar refractivity (Wildman–Crippen MR) is 84.9 cm³/mol. The number of rotatable bonds is 4. The van der Waals surface area contributed by atoms with Gasteiger partial charge in [0.25, 0.3) is 10.0 Å². The minimum atomic E-state index is -3.71.